The van der Waals surface area contributed by atoms with Crippen LogP contribution in [-0.4, -0.2) is 38.3 Å². The fourth-order valence-electron chi connectivity index (χ4n) is 1.37. The maximum atomic E-state index is 10.4. The molecule has 0 spiro atoms. The van der Waals surface area contributed by atoms with E-state index < -0.39 is 12.1 Å². The zero-order valence-electron chi connectivity index (χ0n) is 11.2. The molecule has 0 aromatic carbocycles. The molecular weight excluding hydrogens is 298 g/mol. The summed E-state index contributed by atoms with van der Waals surface area (Å²) in [5.41, 5.74) is 4.91. The van der Waals surface area contributed by atoms with Crippen LogP contribution >= 0.6 is 11.3 Å². The van der Waals surface area contributed by atoms with Crippen LogP contribution in [0.5, 0.6) is 0 Å². The second-order valence-electron chi connectivity index (χ2n) is 3.70. The number of carboxylic acid groups (broad SMARTS) is 2. The Morgan fingerprint density at radius 3 is 2.67 bits per heavy atom. The lowest BCUT2D eigenvalue weighted by molar-refractivity contribution is -0.131. The Morgan fingerprint density at radius 1 is 1.48 bits per heavy atom. The van der Waals surface area contributed by atoms with Gasteiger partial charge in [-0.3, -0.25) is 4.40 Å². The van der Waals surface area contributed by atoms with Gasteiger partial charge >= 0.3 is 12.1 Å². The summed E-state index contributed by atoms with van der Waals surface area (Å²) in [5.74, 6) is -0.951. The van der Waals surface area contributed by atoms with Crippen LogP contribution < -0.4 is 5.73 Å². The van der Waals surface area contributed by atoms with Crippen LogP contribution in [0.2, 0.25) is 0 Å². The van der Waals surface area contributed by atoms with Crippen LogP contribution in [0.25, 0.3) is 11.0 Å². The van der Waals surface area contributed by atoms with Crippen LogP contribution in [0, 0.1) is 0 Å². The predicted molar refractivity (Wildman–Crippen MR) is 77.3 cm³/mol. The van der Waals surface area contributed by atoms with E-state index in [0.717, 1.165) is 21.6 Å². The van der Waals surface area contributed by atoms with E-state index in [4.69, 9.17) is 19.7 Å². The Bertz CT molecular complexity index is 611. The second kappa shape index (κ2) is 8.02. The third-order valence-electron chi connectivity index (χ3n) is 2.07. The monoisotopic (exact) mass is 313 g/mol. The predicted octanol–water partition coefficient (Wildman–Crippen LogP) is 1.65. The zero-order valence-corrected chi connectivity index (χ0v) is 12.0. The van der Waals surface area contributed by atoms with E-state index in [0.29, 0.717) is 13.2 Å². The molecule has 0 aliphatic carbocycles. The molecule has 0 atom stereocenters. The number of hydrogen-bond donors (Lipinski definition) is 3. The molecule has 2 aromatic rings. The standard InChI is InChI=1S/C11H12N2O3S.CH3NO2/c1-2-16-7-8-5-13-6-9(3-4-10(14)15)17-11(13)12-8;2-1(3)4/h3-6H,2,7H2,1H3,(H,14,15);2H2,(H,3,4)/b4-3+;. The molecule has 4 N–H and O–H groups in total. The van der Waals surface area contributed by atoms with Gasteiger partial charge < -0.3 is 20.7 Å². The van der Waals surface area contributed by atoms with Gasteiger partial charge in [0.1, 0.15) is 0 Å². The minimum absolute atomic E-state index is 0.505. The SMILES string of the molecule is CCOCc1cn2cc(/C=C/C(=O)O)sc2n1.NC(=O)O. The maximum absolute atomic E-state index is 10.4. The Morgan fingerprint density at radius 2 is 2.14 bits per heavy atom. The Balaban J connectivity index is 0.000000491. The average Bonchev–Trinajstić information content (AvgIpc) is 2.90. The average molecular weight is 313 g/mol. The third-order valence-corrected chi connectivity index (χ3v) is 3.03. The smallest absolute Gasteiger partial charge is 0.402 e. The Kier molecular flexibility index (Phi) is 6.37. The molecule has 0 aliphatic rings. The van der Waals surface area contributed by atoms with Crippen molar-refractivity contribution in [3.05, 3.63) is 29.0 Å². The topological polar surface area (TPSA) is 127 Å². The molecular formula is C12H15N3O5S. The van der Waals surface area contributed by atoms with Crippen molar-refractivity contribution < 1.29 is 24.5 Å². The lowest BCUT2D eigenvalue weighted by Crippen LogP contribution is -2.03. The molecule has 0 unspecified atom stereocenters. The lowest BCUT2D eigenvalue weighted by atomic mass is 10.4. The molecule has 2 rings (SSSR count). The number of aliphatic carboxylic acids is 1. The first kappa shape index (κ1) is 16.7. The van der Waals surface area contributed by atoms with Crippen molar-refractivity contribution >= 4 is 34.4 Å². The van der Waals surface area contributed by atoms with Crippen LogP contribution in [0.1, 0.15) is 17.5 Å². The highest BCUT2D eigenvalue weighted by Gasteiger charge is 2.05. The van der Waals surface area contributed by atoms with Crippen LogP contribution in [-0.2, 0) is 16.1 Å². The molecule has 21 heavy (non-hydrogen) atoms. The van der Waals surface area contributed by atoms with Gasteiger partial charge in [-0.05, 0) is 13.0 Å². The van der Waals surface area contributed by atoms with E-state index in [2.05, 4.69) is 10.7 Å². The largest absolute Gasteiger partial charge is 0.478 e. The van der Waals surface area contributed by atoms with Crippen molar-refractivity contribution in [1.82, 2.24) is 9.38 Å². The number of ether oxygens (including phenoxy) is 1. The zero-order chi connectivity index (χ0) is 15.8. The molecule has 1 amide bonds. The summed E-state index contributed by atoms with van der Waals surface area (Å²) in [6.45, 7) is 3.11. The number of aromatic nitrogens is 2. The normalized spacial score (nSPS) is 10.5. The first-order chi connectivity index (χ1) is 9.92. The summed E-state index contributed by atoms with van der Waals surface area (Å²) in [7, 11) is 0. The number of fused-ring (bicyclic) bond motifs is 1. The number of nitrogens with zero attached hydrogens (tertiary/aromatic N) is 2. The summed E-state index contributed by atoms with van der Waals surface area (Å²) in [6.07, 6.45) is 5.08. The van der Waals surface area contributed by atoms with Gasteiger partial charge in [-0.1, -0.05) is 11.3 Å². The molecule has 0 bridgehead atoms. The lowest BCUT2D eigenvalue weighted by Gasteiger charge is -1.94. The van der Waals surface area contributed by atoms with Gasteiger partial charge in [0, 0.05) is 30.0 Å². The molecule has 114 valence electrons. The summed E-state index contributed by atoms with van der Waals surface area (Å²) >= 11 is 1.44. The third kappa shape index (κ3) is 6.06. The number of thiazole rings is 1. The van der Waals surface area contributed by atoms with Crippen molar-refractivity contribution in [3.63, 3.8) is 0 Å². The number of nitrogens with two attached hydrogens (primary N) is 1. The van der Waals surface area contributed by atoms with Crippen molar-refractivity contribution in [1.29, 1.82) is 0 Å². The quantitative estimate of drug-likeness (QED) is 0.720. The number of imidazole rings is 1. The van der Waals surface area contributed by atoms with Gasteiger partial charge in [-0.15, -0.1) is 0 Å². The Hall–Kier alpha value is -2.39. The summed E-state index contributed by atoms with van der Waals surface area (Å²) in [4.78, 5) is 25.2. The van der Waals surface area contributed by atoms with E-state index in [1.165, 1.54) is 11.3 Å². The fourth-order valence-corrected chi connectivity index (χ4v) is 2.26. The maximum Gasteiger partial charge on any atom is 0.402 e. The summed E-state index contributed by atoms with van der Waals surface area (Å²) in [5, 5.41) is 15.7. The highest BCUT2D eigenvalue weighted by Crippen LogP contribution is 2.19. The van der Waals surface area contributed by atoms with Gasteiger partial charge in [0.2, 0.25) is 0 Å². The molecule has 0 saturated heterocycles. The van der Waals surface area contributed by atoms with Gasteiger partial charge in [0.15, 0.2) is 4.96 Å². The number of carboxylic acids is 1. The van der Waals surface area contributed by atoms with Crippen LogP contribution in [0.3, 0.4) is 0 Å². The molecule has 9 heteroatoms. The van der Waals surface area contributed by atoms with Gasteiger partial charge in [-0.25, -0.2) is 14.6 Å². The summed E-state index contributed by atoms with van der Waals surface area (Å²) < 4.78 is 7.14. The first-order valence-electron chi connectivity index (χ1n) is 5.87. The number of carbonyl (C=O) groups is 2. The van der Waals surface area contributed by atoms with E-state index in [-0.39, 0.29) is 0 Å². The van der Waals surface area contributed by atoms with Crippen molar-refractivity contribution in [2.24, 2.45) is 5.73 Å². The molecule has 0 radical (unpaired) electrons. The van der Waals surface area contributed by atoms with E-state index in [1.807, 2.05) is 23.7 Å². The molecule has 0 saturated carbocycles. The highest BCUT2D eigenvalue weighted by atomic mass is 32.1. The molecule has 2 heterocycles. The number of rotatable bonds is 5. The van der Waals surface area contributed by atoms with Crippen LogP contribution in [0.4, 0.5) is 4.79 Å². The first-order valence-corrected chi connectivity index (χ1v) is 6.68. The van der Waals surface area contributed by atoms with E-state index >= 15 is 0 Å². The van der Waals surface area contributed by atoms with Crippen molar-refractivity contribution in [2.75, 3.05) is 6.61 Å². The minimum Gasteiger partial charge on any atom is -0.478 e. The number of hydrogen-bond acceptors (Lipinski definition) is 5. The van der Waals surface area contributed by atoms with Crippen molar-refractivity contribution in [3.8, 4) is 0 Å². The van der Waals surface area contributed by atoms with Gasteiger partial charge in [0.25, 0.3) is 0 Å². The highest BCUT2D eigenvalue weighted by molar-refractivity contribution is 7.17. The second-order valence-corrected chi connectivity index (χ2v) is 4.74. The molecule has 2 aromatic heterocycles. The molecule has 0 aliphatic heterocycles. The van der Waals surface area contributed by atoms with Gasteiger partial charge in [0.05, 0.1) is 12.3 Å². The molecule has 8 nitrogen and oxygen atoms in total. The van der Waals surface area contributed by atoms with E-state index in [1.54, 1.807) is 6.08 Å². The summed E-state index contributed by atoms with van der Waals surface area (Å²) in [6, 6.07) is 0. The van der Waals surface area contributed by atoms with E-state index in [9.17, 15) is 4.79 Å². The van der Waals surface area contributed by atoms with Gasteiger partial charge in [-0.2, -0.15) is 0 Å². The Labute approximate surface area is 124 Å². The number of primary amides is 1. The fraction of sp³-hybridized carbons (Fsp3) is 0.250. The number of amides is 1. The molecule has 0 fully saturated rings. The minimum atomic E-state index is -1.33. The van der Waals surface area contributed by atoms with Crippen LogP contribution in [0.15, 0.2) is 18.5 Å². The van der Waals surface area contributed by atoms with Crippen molar-refractivity contribution in [2.45, 2.75) is 13.5 Å².